The quantitative estimate of drug-likeness (QED) is 0.430. The minimum Gasteiger partial charge on any atom is -0.507 e. The van der Waals surface area contributed by atoms with Crippen molar-refractivity contribution >= 4 is 5.82 Å². The first kappa shape index (κ1) is 23.3. The van der Waals surface area contributed by atoms with E-state index in [1.807, 2.05) is 0 Å². The van der Waals surface area contributed by atoms with Gasteiger partial charge in [-0.2, -0.15) is 18.7 Å². The molecule has 8 nitrogen and oxygen atoms in total. The SMILES string of the molecule is CC12CCC(C)(CC(CNc3ccc(COc4nc(F)nc(-c5ccccc5O)c4F)nn3)C1)N2. The number of fused-ring (bicyclic) bond motifs is 2. The van der Waals surface area contributed by atoms with Gasteiger partial charge in [-0.3, -0.25) is 0 Å². The van der Waals surface area contributed by atoms with E-state index in [-0.39, 0.29) is 34.7 Å². The van der Waals surface area contributed by atoms with Crippen molar-refractivity contribution in [1.82, 2.24) is 25.5 Å². The Bertz CT molecular complexity index is 1210. The molecule has 2 aliphatic rings. The number of halogens is 2. The fraction of sp³-hybridized carbons (Fsp3) is 0.440. The third-order valence-corrected chi connectivity index (χ3v) is 6.91. The molecule has 1 aromatic carbocycles. The van der Waals surface area contributed by atoms with Crippen LogP contribution in [0.2, 0.25) is 0 Å². The van der Waals surface area contributed by atoms with Crippen LogP contribution in [0.4, 0.5) is 14.6 Å². The Labute approximate surface area is 202 Å². The summed E-state index contributed by atoms with van der Waals surface area (Å²) in [6.45, 7) is 5.26. The normalized spacial score (nSPS) is 25.4. The minimum atomic E-state index is -1.17. The number of phenols is 1. The number of hydrogen-bond donors (Lipinski definition) is 3. The predicted molar refractivity (Wildman–Crippen MR) is 126 cm³/mol. The summed E-state index contributed by atoms with van der Waals surface area (Å²) in [6, 6.07) is 9.43. The molecule has 184 valence electrons. The van der Waals surface area contributed by atoms with E-state index in [0.29, 0.717) is 17.4 Å². The van der Waals surface area contributed by atoms with E-state index < -0.39 is 17.8 Å². The predicted octanol–water partition coefficient (Wildman–Crippen LogP) is 4.22. The van der Waals surface area contributed by atoms with Crippen molar-refractivity contribution in [2.75, 3.05) is 11.9 Å². The van der Waals surface area contributed by atoms with Crippen LogP contribution in [0.3, 0.4) is 0 Å². The van der Waals surface area contributed by atoms with Crippen LogP contribution in [-0.2, 0) is 6.61 Å². The van der Waals surface area contributed by atoms with Crippen molar-refractivity contribution in [1.29, 1.82) is 0 Å². The summed E-state index contributed by atoms with van der Waals surface area (Å²) >= 11 is 0. The number of anilines is 1. The summed E-state index contributed by atoms with van der Waals surface area (Å²) in [5, 5.41) is 25.4. The molecule has 0 amide bonds. The van der Waals surface area contributed by atoms with Gasteiger partial charge in [0.15, 0.2) is 0 Å². The second-order valence-electron chi connectivity index (χ2n) is 10.1. The van der Waals surface area contributed by atoms with E-state index >= 15 is 0 Å². The first-order chi connectivity index (χ1) is 16.7. The lowest BCUT2D eigenvalue weighted by atomic mass is 9.80. The number of nitrogens with one attached hydrogen (secondary N) is 2. The summed E-state index contributed by atoms with van der Waals surface area (Å²) in [5.41, 5.74) is 0.502. The lowest BCUT2D eigenvalue weighted by molar-refractivity contribution is 0.178. The number of hydrogen-bond acceptors (Lipinski definition) is 8. The molecule has 2 saturated heterocycles. The molecule has 4 heterocycles. The smallest absolute Gasteiger partial charge is 0.312 e. The first-order valence-electron chi connectivity index (χ1n) is 11.7. The third kappa shape index (κ3) is 5.02. The van der Waals surface area contributed by atoms with E-state index in [1.54, 1.807) is 24.3 Å². The number of nitrogens with zero attached hydrogens (tertiary/aromatic N) is 4. The van der Waals surface area contributed by atoms with Gasteiger partial charge in [-0.1, -0.05) is 12.1 Å². The van der Waals surface area contributed by atoms with Gasteiger partial charge in [-0.15, -0.1) is 10.2 Å². The zero-order valence-electron chi connectivity index (χ0n) is 19.7. The molecular formula is C25H28F2N6O2. The van der Waals surface area contributed by atoms with Gasteiger partial charge in [0.1, 0.15) is 29.6 Å². The zero-order valence-corrected chi connectivity index (χ0v) is 19.7. The van der Waals surface area contributed by atoms with Crippen LogP contribution in [0.15, 0.2) is 36.4 Å². The maximum Gasteiger partial charge on any atom is 0.312 e. The van der Waals surface area contributed by atoms with Crippen molar-refractivity contribution in [3.63, 3.8) is 0 Å². The number of piperidine rings is 1. The monoisotopic (exact) mass is 482 g/mol. The Kier molecular flexibility index (Phi) is 6.00. The first-order valence-corrected chi connectivity index (χ1v) is 11.7. The van der Waals surface area contributed by atoms with Crippen LogP contribution >= 0.6 is 0 Å². The van der Waals surface area contributed by atoms with Crippen molar-refractivity contribution in [2.24, 2.45) is 5.92 Å². The number of ether oxygens (including phenoxy) is 1. The van der Waals surface area contributed by atoms with E-state index in [9.17, 15) is 13.9 Å². The van der Waals surface area contributed by atoms with Crippen LogP contribution in [0.5, 0.6) is 11.6 Å². The fourth-order valence-electron chi connectivity index (χ4n) is 5.47. The van der Waals surface area contributed by atoms with Crippen LogP contribution in [0.25, 0.3) is 11.3 Å². The lowest BCUT2D eigenvalue weighted by Crippen LogP contribution is -2.54. The molecule has 2 aliphatic heterocycles. The maximum absolute atomic E-state index is 14.9. The summed E-state index contributed by atoms with van der Waals surface area (Å²) in [5.74, 6) is -0.576. The standard InChI is InChI=1S/C25H28F2N6O2/c1-24-9-10-25(2,33-24)12-15(11-24)13-28-19-8-7-16(31-32-19)14-35-22-20(26)21(29-23(27)30-22)17-5-3-4-6-18(17)34/h3-8,15,33-34H,9-14H2,1-2H3,(H,28,32). The molecule has 3 N–H and O–H groups in total. The maximum atomic E-state index is 14.9. The number of aromatic nitrogens is 4. The average Bonchev–Trinajstić information content (AvgIpc) is 3.06. The summed E-state index contributed by atoms with van der Waals surface area (Å²) in [6.07, 6.45) is 3.50. The van der Waals surface area contributed by atoms with Gasteiger partial charge < -0.3 is 20.5 Å². The molecular weight excluding hydrogens is 454 g/mol. The summed E-state index contributed by atoms with van der Waals surface area (Å²) < 4.78 is 34.2. The van der Waals surface area contributed by atoms with E-state index in [0.717, 1.165) is 19.4 Å². The van der Waals surface area contributed by atoms with Crippen molar-refractivity contribution in [2.45, 2.75) is 57.2 Å². The number of phenolic OH excluding ortho intramolecular Hbond substituents is 1. The molecule has 3 aromatic rings. The molecule has 0 spiro atoms. The molecule has 0 saturated carbocycles. The average molecular weight is 483 g/mol. The lowest BCUT2D eigenvalue weighted by Gasteiger charge is -2.42. The molecule has 2 unspecified atom stereocenters. The van der Waals surface area contributed by atoms with E-state index in [4.69, 9.17) is 4.74 Å². The van der Waals surface area contributed by atoms with Crippen molar-refractivity contribution < 1.29 is 18.6 Å². The van der Waals surface area contributed by atoms with Crippen LogP contribution in [0, 0.1) is 17.8 Å². The Morgan fingerprint density at radius 2 is 1.80 bits per heavy atom. The Morgan fingerprint density at radius 1 is 1.06 bits per heavy atom. The van der Waals surface area contributed by atoms with Crippen molar-refractivity contribution in [3.05, 3.63) is 54.0 Å². The second kappa shape index (κ2) is 8.99. The van der Waals surface area contributed by atoms with Gasteiger partial charge in [0, 0.05) is 23.2 Å². The highest BCUT2D eigenvalue weighted by Gasteiger charge is 2.48. The van der Waals surface area contributed by atoms with Crippen LogP contribution in [0.1, 0.15) is 45.2 Å². The molecule has 35 heavy (non-hydrogen) atoms. The number of aromatic hydroxyl groups is 1. The Hall–Kier alpha value is -3.40. The molecule has 5 rings (SSSR count). The van der Waals surface area contributed by atoms with Gasteiger partial charge in [0.05, 0.1) is 0 Å². The van der Waals surface area contributed by atoms with Gasteiger partial charge in [-0.25, -0.2) is 0 Å². The summed E-state index contributed by atoms with van der Waals surface area (Å²) in [4.78, 5) is 6.89. The fourth-order valence-corrected chi connectivity index (χ4v) is 5.47. The zero-order chi connectivity index (χ0) is 24.6. The van der Waals surface area contributed by atoms with Crippen LogP contribution in [-0.4, -0.2) is 42.9 Å². The second-order valence-corrected chi connectivity index (χ2v) is 10.1. The third-order valence-electron chi connectivity index (χ3n) is 6.91. The van der Waals surface area contributed by atoms with Crippen LogP contribution < -0.4 is 15.4 Å². The van der Waals surface area contributed by atoms with E-state index in [1.165, 1.54) is 25.0 Å². The highest BCUT2D eigenvalue weighted by atomic mass is 19.1. The van der Waals surface area contributed by atoms with Gasteiger partial charge >= 0.3 is 6.08 Å². The van der Waals surface area contributed by atoms with Gasteiger partial charge in [0.2, 0.25) is 5.82 Å². The topological polar surface area (TPSA) is 105 Å². The molecule has 2 bridgehead atoms. The molecule has 10 heteroatoms. The summed E-state index contributed by atoms with van der Waals surface area (Å²) in [7, 11) is 0. The molecule has 0 aliphatic carbocycles. The van der Waals surface area contributed by atoms with Crippen molar-refractivity contribution in [3.8, 4) is 22.9 Å². The Morgan fingerprint density at radius 3 is 2.49 bits per heavy atom. The van der Waals surface area contributed by atoms with Gasteiger partial charge in [-0.05, 0) is 69.7 Å². The number of para-hydroxylation sites is 1. The van der Waals surface area contributed by atoms with E-state index in [2.05, 4.69) is 44.6 Å². The number of rotatable bonds is 7. The van der Waals surface area contributed by atoms with Gasteiger partial charge in [0.25, 0.3) is 5.88 Å². The minimum absolute atomic E-state index is 0.0381. The highest BCUT2D eigenvalue weighted by molar-refractivity contribution is 5.67. The number of benzene rings is 1. The molecule has 0 radical (unpaired) electrons. The molecule has 2 aromatic heterocycles. The largest absolute Gasteiger partial charge is 0.507 e. The molecule has 2 fully saturated rings. The Balaban J connectivity index is 1.20. The molecule has 2 atom stereocenters. The highest BCUT2D eigenvalue weighted by Crippen LogP contribution is 2.44.